The molecule has 2 aromatic rings. The van der Waals surface area contributed by atoms with Crippen LogP contribution in [0, 0.1) is 11.7 Å². The highest BCUT2D eigenvalue weighted by atomic mass is 32.1. The van der Waals surface area contributed by atoms with E-state index in [2.05, 4.69) is 22.5 Å². The summed E-state index contributed by atoms with van der Waals surface area (Å²) in [5, 5.41) is 9.19. The number of ether oxygens (including phenoxy) is 2. The molecule has 8 heteroatoms. The monoisotopic (exact) mass is 401 g/mol. The molecule has 0 bridgehead atoms. The van der Waals surface area contributed by atoms with Crippen LogP contribution in [0.4, 0.5) is 10.1 Å². The lowest BCUT2D eigenvalue weighted by molar-refractivity contribution is -0.119. The van der Waals surface area contributed by atoms with E-state index in [1.807, 2.05) is 6.07 Å². The molecule has 0 spiro atoms. The molecule has 1 aliphatic rings. The Hall–Kier alpha value is -3.13. The highest BCUT2D eigenvalue weighted by molar-refractivity contribution is 7.80. The van der Waals surface area contributed by atoms with Crippen LogP contribution in [0.2, 0.25) is 0 Å². The van der Waals surface area contributed by atoms with Crippen molar-refractivity contribution in [1.29, 1.82) is 0 Å². The average molecular weight is 401 g/mol. The zero-order valence-electron chi connectivity index (χ0n) is 15.4. The molecule has 1 fully saturated rings. The second-order valence-electron chi connectivity index (χ2n) is 6.19. The summed E-state index contributed by atoms with van der Waals surface area (Å²) in [7, 11) is 3.09. The van der Waals surface area contributed by atoms with Gasteiger partial charge in [0.15, 0.2) is 16.6 Å². The van der Waals surface area contributed by atoms with Crippen molar-refractivity contribution in [1.82, 2.24) is 10.6 Å². The minimum absolute atomic E-state index is 0.307. The second-order valence-corrected chi connectivity index (χ2v) is 6.60. The highest BCUT2D eigenvalue weighted by Crippen LogP contribution is 2.35. The maximum atomic E-state index is 13.1. The smallest absolute Gasteiger partial charge is 0.235 e. The number of carbonyl (C=O) groups excluding carboxylic acids is 1. The van der Waals surface area contributed by atoms with Gasteiger partial charge in [0.1, 0.15) is 11.7 Å². The third-order valence-corrected chi connectivity index (χ3v) is 4.65. The number of benzene rings is 2. The van der Waals surface area contributed by atoms with Crippen LogP contribution in [0.5, 0.6) is 11.5 Å². The topological polar surface area (TPSA) is 71.6 Å². The first-order valence-electron chi connectivity index (χ1n) is 8.47. The molecule has 1 aliphatic heterocycles. The number of halogens is 1. The van der Waals surface area contributed by atoms with Crippen molar-refractivity contribution in [3.8, 4) is 11.5 Å². The Bertz CT molecular complexity index is 917. The third-order valence-electron chi connectivity index (χ3n) is 4.43. The Morgan fingerprint density at radius 1 is 1.14 bits per heavy atom. The van der Waals surface area contributed by atoms with Crippen molar-refractivity contribution in [3.63, 3.8) is 0 Å². The fourth-order valence-corrected chi connectivity index (χ4v) is 3.33. The maximum absolute atomic E-state index is 13.1. The molecule has 2 aromatic carbocycles. The van der Waals surface area contributed by atoms with Crippen LogP contribution in [0.25, 0.3) is 0 Å². The van der Waals surface area contributed by atoms with Crippen LogP contribution >= 0.6 is 12.2 Å². The number of hydrogen-bond donors (Lipinski definition) is 3. The van der Waals surface area contributed by atoms with Gasteiger partial charge in [-0.1, -0.05) is 12.6 Å². The largest absolute Gasteiger partial charge is 0.493 e. The lowest BCUT2D eigenvalue weighted by Gasteiger charge is -2.35. The molecule has 2 atom stereocenters. The van der Waals surface area contributed by atoms with E-state index in [4.69, 9.17) is 21.7 Å². The standard InChI is InChI=1S/C20H20FN3O3S/c1-11-17(19(25)23-14-7-5-13(21)6-8-14)18(24-20(28)22-11)12-4-9-15(26-2)16(10-12)27-3/h4-10,17-18H,1H2,2-3H3,(H,23,25)(H2,22,24,28)/t17-,18+/m1/s1. The Kier molecular flexibility index (Phi) is 5.79. The Balaban J connectivity index is 1.92. The summed E-state index contributed by atoms with van der Waals surface area (Å²) in [5.41, 5.74) is 1.73. The molecular formula is C20H20FN3O3S. The summed E-state index contributed by atoms with van der Waals surface area (Å²) >= 11 is 5.24. The zero-order chi connectivity index (χ0) is 20.3. The van der Waals surface area contributed by atoms with E-state index < -0.39 is 12.0 Å². The van der Waals surface area contributed by atoms with Crippen LogP contribution in [0.1, 0.15) is 11.6 Å². The number of methoxy groups -OCH3 is 2. The van der Waals surface area contributed by atoms with E-state index in [-0.39, 0.29) is 11.7 Å². The van der Waals surface area contributed by atoms with E-state index >= 15 is 0 Å². The van der Waals surface area contributed by atoms with Crippen LogP contribution in [0.3, 0.4) is 0 Å². The quantitative estimate of drug-likeness (QED) is 0.669. The van der Waals surface area contributed by atoms with E-state index in [1.165, 1.54) is 24.3 Å². The highest BCUT2D eigenvalue weighted by Gasteiger charge is 2.37. The van der Waals surface area contributed by atoms with E-state index in [0.29, 0.717) is 28.0 Å². The lowest BCUT2D eigenvalue weighted by atomic mass is 9.88. The molecule has 1 amide bonds. The molecule has 3 N–H and O–H groups in total. The van der Waals surface area contributed by atoms with Crippen LogP contribution in [0.15, 0.2) is 54.7 Å². The minimum Gasteiger partial charge on any atom is -0.493 e. The lowest BCUT2D eigenvalue weighted by Crippen LogP contribution is -2.51. The molecule has 0 aromatic heterocycles. The predicted octanol–water partition coefficient (Wildman–Crippen LogP) is 3.13. The summed E-state index contributed by atoms with van der Waals surface area (Å²) in [6.07, 6.45) is 0. The van der Waals surface area contributed by atoms with Gasteiger partial charge in [0.05, 0.1) is 20.3 Å². The molecule has 1 heterocycles. The van der Waals surface area contributed by atoms with Crippen molar-refractivity contribution in [2.75, 3.05) is 19.5 Å². The molecule has 1 saturated heterocycles. The number of thiocarbonyl (C=S) groups is 1. The fraction of sp³-hybridized carbons (Fsp3) is 0.200. The number of rotatable bonds is 5. The normalized spacial score (nSPS) is 18.7. The van der Waals surface area contributed by atoms with Crippen molar-refractivity contribution in [3.05, 3.63) is 66.1 Å². The average Bonchev–Trinajstić information content (AvgIpc) is 2.68. The number of anilines is 1. The first-order valence-corrected chi connectivity index (χ1v) is 8.88. The molecular weight excluding hydrogens is 381 g/mol. The van der Waals surface area contributed by atoms with Crippen LogP contribution in [-0.2, 0) is 4.79 Å². The molecule has 6 nitrogen and oxygen atoms in total. The second kappa shape index (κ2) is 8.26. The van der Waals surface area contributed by atoms with E-state index in [9.17, 15) is 9.18 Å². The summed E-state index contributed by atoms with van der Waals surface area (Å²) in [6.45, 7) is 3.96. The summed E-state index contributed by atoms with van der Waals surface area (Å²) < 4.78 is 23.8. The van der Waals surface area contributed by atoms with Crippen molar-refractivity contribution >= 4 is 28.9 Å². The molecule has 0 saturated carbocycles. The van der Waals surface area contributed by atoms with Crippen molar-refractivity contribution in [2.24, 2.45) is 5.92 Å². The summed E-state index contributed by atoms with van der Waals surface area (Å²) in [5.74, 6) is -0.242. The molecule has 0 aliphatic carbocycles. The van der Waals surface area contributed by atoms with E-state index in [0.717, 1.165) is 5.56 Å². The van der Waals surface area contributed by atoms with Gasteiger partial charge in [0.25, 0.3) is 0 Å². The number of carbonyl (C=O) groups is 1. The molecule has 0 radical (unpaired) electrons. The summed E-state index contributed by atoms with van der Waals surface area (Å²) in [4.78, 5) is 13.0. The third kappa shape index (κ3) is 4.07. The summed E-state index contributed by atoms with van der Waals surface area (Å²) in [6, 6.07) is 10.5. The van der Waals surface area contributed by atoms with Gasteiger partial charge in [-0.05, 0) is 54.2 Å². The maximum Gasteiger partial charge on any atom is 0.235 e. The van der Waals surface area contributed by atoms with Crippen LogP contribution in [-0.4, -0.2) is 25.2 Å². The molecule has 0 unspecified atom stereocenters. The van der Waals surface area contributed by atoms with Crippen LogP contribution < -0.4 is 25.4 Å². The first kappa shape index (κ1) is 19.6. The van der Waals surface area contributed by atoms with Gasteiger partial charge in [-0.15, -0.1) is 0 Å². The van der Waals surface area contributed by atoms with E-state index in [1.54, 1.807) is 26.4 Å². The molecule has 28 heavy (non-hydrogen) atoms. The van der Waals surface area contributed by atoms with Gasteiger partial charge in [0.2, 0.25) is 5.91 Å². The van der Waals surface area contributed by atoms with Gasteiger partial charge >= 0.3 is 0 Å². The molecule has 146 valence electrons. The Morgan fingerprint density at radius 2 is 1.82 bits per heavy atom. The van der Waals surface area contributed by atoms with Gasteiger partial charge in [-0.25, -0.2) is 4.39 Å². The fourth-order valence-electron chi connectivity index (χ4n) is 3.07. The Labute approximate surface area is 167 Å². The van der Waals surface area contributed by atoms with Gasteiger partial charge < -0.3 is 25.4 Å². The number of amides is 1. The van der Waals surface area contributed by atoms with Gasteiger partial charge in [0, 0.05) is 11.4 Å². The molecule has 3 rings (SSSR count). The number of hydrogen-bond acceptors (Lipinski definition) is 4. The zero-order valence-corrected chi connectivity index (χ0v) is 16.2. The van der Waals surface area contributed by atoms with Crippen molar-refractivity contribution in [2.45, 2.75) is 6.04 Å². The van der Waals surface area contributed by atoms with Crippen molar-refractivity contribution < 1.29 is 18.7 Å². The SMILES string of the molecule is C=C1NC(=S)N[C@@H](c2ccc(OC)c(OC)c2)[C@@H]1C(=O)Nc1ccc(F)cc1. The number of nitrogens with one attached hydrogen (secondary N) is 3. The first-order chi connectivity index (χ1) is 13.4. The van der Waals surface area contributed by atoms with Gasteiger partial charge in [-0.2, -0.15) is 0 Å². The predicted molar refractivity (Wildman–Crippen MR) is 109 cm³/mol. The minimum atomic E-state index is -0.671. The Morgan fingerprint density at radius 3 is 2.46 bits per heavy atom. The van der Waals surface area contributed by atoms with Gasteiger partial charge in [-0.3, -0.25) is 4.79 Å².